The second kappa shape index (κ2) is 5.82. The van der Waals surface area contributed by atoms with Crippen molar-refractivity contribution in [2.75, 3.05) is 11.9 Å². The summed E-state index contributed by atoms with van der Waals surface area (Å²) in [4.78, 5) is 10.7. The summed E-state index contributed by atoms with van der Waals surface area (Å²) in [5.74, 6) is -0.217. The van der Waals surface area contributed by atoms with E-state index in [9.17, 15) is 4.79 Å². The number of aliphatic hydroxyl groups is 2. The predicted octanol–water partition coefficient (Wildman–Crippen LogP) is 0.0838. The van der Waals surface area contributed by atoms with Gasteiger partial charge in [0.25, 0.3) is 0 Å². The lowest BCUT2D eigenvalue weighted by Crippen LogP contribution is -2.21. The lowest BCUT2D eigenvalue weighted by molar-refractivity contribution is -0.127. The lowest BCUT2D eigenvalue weighted by Gasteiger charge is -2.04. The predicted molar refractivity (Wildman–Crippen MR) is 41.1 cm³/mol. The minimum absolute atomic E-state index is 0.144. The molecule has 0 radical (unpaired) electrons. The highest BCUT2D eigenvalue weighted by Crippen LogP contribution is 1.98. The van der Waals surface area contributed by atoms with Gasteiger partial charge in [-0.25, -0.2) is 0 Å². The van der Waals surface area contributed by atoms with E-state index in [-0.39, 0.29) is 18.8 Å². The Balaban J connectivity index is 3.49. The van der Waals surface area contributed by atoms with Gasteiger partial charge in [0.05, 0.1) is 0 Å². The highest BCUT2D eigenvalue weighted by atomic mass is 79.9. The summed E-state index contributed by atoms with van der Waals surface area (Å²) in [7, 11) is 0. The molecule has 0 amide bonds. The van der Waals surface area contributed by atoms with Crippen molar-refractivity contribution in [1.29, 1.82) is 0 Å². The van der Waals surface area contributed by atoms with Gasteiger partial charge in [0.1, 0.15) is 6.10 Å². The standard InChI is InChI=1S/C6H11BrO3/c7-3-1-5(9)6(10)2-4-8/h6,8,10H,1-4H2. The number of ketones is 1. The number of Topliss-reactive ketones (excluding diaryl/α,β-unsaturated/α-hetero) is 1. The minimum Gasteiger partial charge on any atom is -0.396 e. The average molecular weight is 211 g/mol. The third-order valence-corrected chi connectivity index (χ3v) is 1.51. The van der Waals surface area contributed by atoms with Crippen molar-refractivity contribution in [2.24, 2.45) is 0 Å². The number of carbonyl (C=O) groups is 1. The highest BCUT2D eigenvalue weighted by Gasteiger charge is 2.12. The smallest absolute Gasteiger partial charge is 0.162 e. The van der Waals surface area contributed by atoms with Gasteiger partial charge in [-0.3, -0.25) is 4.79 Å². The normalized spacial score (nSPS) is 13.1. The zero-order valence-corrected chi connectivity index (χ0v) is 7.17. The van der Waals surface area contributed by atoms with E-state index < -0.39 is 6.10 Å². The van der Waals surface area contributed by atoms with E-state index in [1.165, 1.54) is 0 Å². The average Bonchev–Trinajstić information content (AvgIpc) is 1.89. The SMILES string of the molecule is O=C(CCBr)C(O)CCO. The number of aliphatic hydroxyl groups excluding tert-OH is 2. The van der Waals surface area contributed by atoms with Crippen LogP contribution in [0.5, 0.6) is 0 Å². The Labute approximate surface area is 68.2 Å². The van der Waals surface area contributed by atoms with E-state index in [4.69, 9.17) is 10.2 Å². The van der Waals surface area contributed by atoms with Crippen molar-refractivity contribution < 1.29 is 15.0 Å². The van der Waals surface area contributed by atoms with Crippen LogP contribution in [0, 0.1) is 0 Å². The summed E-state index contributed by atoms with van der Waals surface area (Å²) < 4.78 is 0. The maximum Gasteiger partial charge on any atom is 0.162 e. The number of hydrogen-bond donors (Lipinski definition) is 2. The van der Waals surface area contributed by atoms with Gasteiger partial charge in [0.15, 0.2) is 5.78 Å². The summed E-state index contributed by atoms with van der Waals surface area (Å²) in [6, 6.07) is 0. The Morgan fingerprint density at radius 2 is 2.20 bits per heavy atom. The van der Waals surface area contributed by atoms with Gasteiger partial charge in [0.2, 0.25) is 0 Å². The van der Waals surface area contributed by atoms with Gasteiger partial charge in [-0.2, -0.15) is 0 Å². The van der Waals surface area contributed by atoms with E-state index >= 15 is 0 Å². The molecule has 0 aromatic carbocycles. The Morgan fingerprint density at radius 3 is 2.60 bits per heavy atom. The maximum absolute atomic E-state index is 10.7. The molecule has 0 aliphatic carbocycles. The topological polar surface area (TPSA) is 57.5 Å². The first-order valence-corrected chi connectivity index (χ1v) is 4.22. The molecule has 0 fully saturated rings. The highest BCUT2D eigenvalue weighted by molar-refractivity contribution is 9.09. The molecule has 0 bridgehead atoms. The first-order chi connectivity index (χ1) is 4.72. The molecule has 0 heterocycles. The van der Waals surface area contributed by atoms with E-state index in [1.54, 1.807) is 0 Å². The summed E-state index contributed by atoms with van der Waals surface area (Å²) in [6.45, 7) is -0.144. The fourth-order valence-corrected chi connectivity index (χ4v) is 0.934. The first-order valence-electron chi connectivity index (χ1n) is 3.10. The van der Waals surface area contributed by atoms with Crippen molar-refractivity contribution in [3.05, 3.63) is 0 Å². The first kappa shape index (κ1) is 10.1. The zero-order chi connectivity index (χ0) is 7.98. The third kappa shape index (κ3) is 3.98. The molecule has 10 heavy (non-hydrogen) atoms. The molecule has 1 atom stereocenters. The van der Waals surface area contributed by atoms with Gasteiger partial charge < -0.3 is 10.2 Å². The van der Waals surface area contributed by atoms with Gasteiger partial charge >= 0.3 is 0 Å². The molecule has 60 valence electrons. The van der Waals surface area contributed by atoms with Crippen LogP contribution in [-0.2, 0) is 4.79 Å². The number of rotatable bonds is 5. The Hall–Kier alpha value is 0.0700. The Bertz CT molecular complexity index is 105. The van der Waals surface area contributed by atoms with Crippen molar-refractivity contribution in [1.82, 2.24) is 0 Å². The largest absolute Gasteiger partial charge is 0.396 e. The van der Waals surface area contributed by atoms with E-state index in [1.807, 2.05) is 0 Å². The summed E-state index contributed by atoms with van der Waals surface area (Å²) in [5.41, 5.74) is 0. The van der Waals surface area contributed by atoms with E-state index in [2.05, 4.69) is 15.9 Å². The Morgan fingerprint density at radius 1 is 1.60 bits per heavy atom. The van der Waals surface area contributed by atoms with Crippen LogP contribution in [0.15, 0.2) is 0 Å². The molecule has 0 aliphatic rings. The summed E-state index contributed by atoms with van der Waals surface area (Å²) in [5, 5.41) is 17.8. The second-order valence-electron chi connectivity index (χ2n) is 1.93. The van der Waals surface area contributed by atoms with E-state index in [0.29, 0.717) is 11.8 Å². The van der Waals surface area contributed by atoms with Gasteiger partial charge in [-0.05, 0) is 0 Å². The van der Waals surface area contributed by atoms with Crippen LogP contribution in [0.1, 0.15) is 12.8 Å². The van der Waals surface area contributed by atoms with E-state index in [0.717, 1.165) is 0 Å². The summed E-state index contributed by atoms with van der Waals surface area (Å²) >= 11 is 3.07. The van der Waals surface area contributed by atoms with Crippen LogP contribution >= 0.6 is 15.9 Å². The molecular formula is C6H11BrO3. The third-order valence-electron chi connectivity index (χ3n) is 1.12. The fourth-order valence-electron chi connectivity index (χ4n) is 0.543. The van der Waals surface area contributed by atoms with Crippen molar-refractivity contribution in [3.63, 3.8) is 0 Å². The maximum atomic E-state index is 10.7. The van der Waals surface area contributed by atoms with Crippen LogP contribution < -0.4 is 0 Å². The van der Waals surface area contributed by atoms with Crippen LogP contribution in [0.25, 0.3) is 0 Å². The zero-order valence-electron chi connectivity index (χ0n) is 5.59. The van der Waals surface area contributed by atoms with Crippen LogP contribution in [0.3, 0.4) is 0 Å². The molecule has 1 unspecified atom stereocenters. The number of hydrogen-bond acceptors (Lipinski definition) is 3. The molecule has 0 saturated carbocycles. The molecule has 2 N–H and O–H groups in total. The number of carbonyl (C=O) groups excluding carboxylic acids is 1. The Kier molecular flexibility index (Phi) is 5.87. The van der Waals surface area contributed by atoms with Crippen molar-refractivity contribution >= 4 is 21.7 Å². The van der Waals surface area contributed by atoms with Crippen LogP contribution in [0.4, 0.5) is 0 Å². The summed E-state index contributed by atoms with van der Waals surface area (Å²) in [6.07, 6.45) is -0.518. The second-order valence-corrected chi connectivity index (χ2v) is 2.73. The van der Waals surface area contributed by atoms with Gasteiger partial charge in [0, 0.05) is 24.8 Å². The van der Waals surface area contributed by atoms with Gasteiger partial charge in [-0.15, -0.1) is 0 Å². The molecule has 0 aromatic rings. The monoisotopic (exact) mass is 210 g/mol. The number of halogens is 1. The minimum atomic E-state index is -0.984. The molecule has 0 spiro atoms. The fraction of sp³-hybridized carbons (Fsp3) is 0.833. The molecular weight excluding hydrogens is 200 g/mol. The van der Waals surface area contributed by atoms with Crippen molar-refractivity contribution in [2.45, 2.75) is 18.9 Å². The quantitative estimate of drug-likeness (QED) is 0.633. The molecule has 0 aliphatic heterocycles. The molecule has 3 nitrogen and oxygen atoms in total. The van der Waals surface area contributed by atoms with Crippen LogP contribution in [0.2, 0.25) is 0 Å². The van der Waals surface area contributed by atoms with Crippen LogP contribution in [-0.4, -0.2) is 34.0 Å². The van der Waals surface area contributed by atoms with Gasteiger partial charge in [-0.1, -0.05) is 15.9 Å². The molecule has 0 aromatic heterocycles. The van der Waals surface area contributed by atoms with Crippen molar-refractivity contribution in [3.8, 4) is 0 Å². The lowest BCUT2D eigenvalue weighted by atomic mass is 10.1. The molecule has 0 saturated heterocycles. The molecule has 0 rings (SSSR count). The number of alkyl halides is 1. The molecule has 4 heteroatoms.